The quantitative estimate of drug-likeness (QED) is 0.648. The predicted molar refractivity (Wildman–Crippen MR) is 60.9 cm³/mol. The van der Waals surface area contributed by atoms with Crippen LogP contribution in [0.15, 0.2) is 0 Å². The van der Waals surface area contributed by atoms with Crippen LogP contribution in [0, 0.1) is 0 Å². The molecule has 15 heavy (non-hydrogen) atoms. The van der Waals surface area contributed by atoms with Crippen LogP contribution in [-0.4, -0.2) is 54.3 Å². The van der Waals surface area contributed by atoms with Crippen molar-refractivity contribution in [1.29, 1.82) is 0 Å². The number of Topliss-reactive ketones (excluding diaryl/α,β-unsaturated/α-hetero) is 1. The maximum absolute atomic E-state index is 11.3. The topological polar surface area (TPSA) is 23.6 Å². The lowest BCUT2D eigenvalue weighted by molar-refractivity contribution is -0.124. The monoisotopic (exact) mass is 210 g/mol. The summed E-state index contributed by atoms with van der Waals surface area (Å²) in [5.41, 5.74) is 0. The lowest BCUT2D eigenvalue weighted by atomic mass is 9.96. The Hall–Kier alpha value is -0.410. The Labute approximate surface area is 92.4 Å². The van der Waals surface area contributed by atoms with Crippen LogP contribution in [0.3, 0.4) is 0 Å². The van der Waals surface area contributed by atoms with E-state index in [2.05, 4.69) is 23.8 Å². The maximum atomic E-state index is 11.3. The Morgan fingerprint density at radius 2 is 2.13 bits per heavy atom. The molecule has 0 amide bonds. The molecule has 0 spiro atoms. The molecule has 2 saturated heterocycles. The third kappa shape index (κ3) is 2.58. The van der Waals surface area contributed by atoms with Gasteiger partial charge in [-0.1, -0.05) is 0 Å². The summed E-state index contributed by atoms with van der Waals surface area (Å²) in [6.45, 7) is 5.60. The number of nitrogens with zero attached hydrogens (tertiary/aromatic N) is 2. The molecule has 0 aromatic carbocycles. The number of carbonyl (C=O) groups excluding carboxylic acids is 1. The van der Waals surface area contributed by atoms with E-state index in [9.17, 15) is 4.79 Å². The summed E-state index contributed by atoms with van der Waals surface area (Å²) >= 11 is 0. The van der Waals surface area contributed by atoms with Crippen molar-refractivity contribution in [3.8, 4) is 0 Å². The summed E-state index contributed by atoms with van der Waals surface area (Å²) in [5, 5.41) is 0. The number of hydrogen-bond donors (Lipinski definition) is 0. The molecule has 0 aromatic heterocycles. The number of likely N-dealkylation sites (tertiary alicyclic amines) is 2. The van der Waals surface area contributed by atoms with Crippen LogP contribution in [0.5, 0.6) is 0 Å². The van der Waals surface area contributed by atoms with Crippen molar-refractivity contribution in [3.63, 3.8) is 0 Å². The van der Waals surface area contributed by atoms with Crippen molar-refractivity contribution in [2.24, 2.45) is 0 Å². The van der Waals surface area contributed by atoms with E-state index in [-0.39, 0.29) is 0 Å². The van der Waals surface area contributed by atoms with Gasteiger partial charge in [-0.2, -0.15) is 0 Å². The van der Waals surface area contributed by atoms with E-state index in [0.717, 1.165) is 19.4 Å². The van der Waals surface area contributed by atoms with Crippen LogP contribution in [-0.2, 0) is 4.79 Å². The number of rotatable bonds is 1. The van der Waals surface area contributed by atoms with Gasteiger partial charge in [0, 0.05) is 38.0 Å². The second kappa shape index (κ2) is 4.62. The first-order chi connectivity index (χ1) is 7.16. The van der Waals surface area contributed by atoms with Gasteiger partial charge < -0.3 is 4.90 Å². The first-order valence-electron chi connectivity index (χ1n) is 6.13. The molecule has 2 rings (SSSR count). The number of carbonyl (C=O) groups is 1. The molecule has 86 valence electrons. The Morgan fingerprint density at radius 1 is 1.33 bits per heavy atom. The maximum Gasteiger partial charge on any atom is 0.135 e. The second-order valence-corrected chi connectivity index (χ2v) is 5.14. The lowest BCUT2D eigenvalue weighted by Gasteiger charge is -2.43. The van der Waals surface area contributed by atoms with Gasteiger partial charge in [-0.05, 0) is 33.4 Å². The van der Waals surface area contributed by atoms with Gasteiger partial charge in [0.25, 0.3) is 0 Å². The van der Waals surface area contributed by atoms with Gasteiger partial charge in [-0.3, -0.25) is 9.69 Å². The molecule has 0 N–H and O–H groups in total. The first kappa shape index (κ1) is 11.1. The van der Waals surface area contributed by atoms with E-state index in [4.69, 9.17) is 0 Å². The molecular formula is C12H22N2O. The fourth-order valence-corrected chi connectivity index (χ4v) is 2.98. The van der Waals surface area contributed by atoms with Gasteiger partial charge >= 0.3 is 0 Å². The van der Waals surface area contributed by atoms with E-state index >= 15 is 0 Å². The highest BCUT2D eigenvalue weighted by atomic mass is 16.1. The van der Waals surface area contributed by atoms with Crippen LogP contribution in [0.1, 0.15) is 32.6 Å². The Bertz CT molecular complexity index is 242. The SMILES string of the molecule is CC1CC(=O)CCN1C1CCCN(C)C1. The van der Waals surface area contributed by atoms with Gasteiger partial charge in [0.15, 0.2) is 0 Å². The normalized spacial score (nSPS) is 35.7. The molecule has 2 aliphatic heterocycles. The number of ketones is 1. The van der Waals surface area contributed by atoms with Crippen molar-refractivity contribution < 1.29 is 4.79 Å². The van der Waals surface area contributed by atoms with Crippen LogP contribution < -0.4 is 0 Å². The van der Waals surface area contributed by atoms with E-state index in [1.165, 1.54) is 25.9 Å². The van der Waals surface area contributed by atoms with Gasteiger partial charge in [0.05, 0.1) is 0 Å². The fraction of sp³-hybridized carbons (Fsp3) is 0.917. The molecule has 0 saturated carbocycles. The average Bonchev–Trinajstić information content (AvgIpc) is 2.17. The molecule has 0 radical (unpaired) electrons. The Kier molecular flexibility index (Phi) is 3.42. The molecule has 0 aliphatic carbocycles. The first-order valence-corrected chi connectivity index (χ1v) is 6.13. The standard InChI is InChI=1S/C12H22N2O/c1-10-8-12(15)5-7-14(10)11-4-3-6-13(2)9-11/h10-11H,3-9H2,1-2H3. The molecule has 0 bridgehead atoms. The number of piperidine rings is 2. The minimum atomic E-state index is 0.447. The van der Waals surface area contributed by atoms with Gasteiger partial charge in [0.2, 0.25) is 0 Å². The summed E-state index contributed by atoms with van der Waals surface area (Å²) in [5.74, 6) is 0.447. The minimum absolute atomic E-state index is 0.447. The third-order valence-electron chi connectivity index (χ3n) is 3.81. The highest BCUT2D eigenvalue weighted by Gasteiger charge is 2.31. The zero-order valence-electron chi connectivity index (χ0n) is 9.91. The molecular weight excluding hydrogens is 188 g/mol. The van der Waals surface area contributed by atoms with Crippen LogP contribution in [0.25, 0.3) is 0 Å². The zero-order chi connectivity index (χ0) is 10.8. The number of hydrogen-bond acceptors (Lipinski definition) is 3. The largest absolute Gasteiger partial charge is 0.305 e. The third-order valence-corrected chi connectivity index (χ3v) is 3.81. The van der Waals surface area contributed by atoms with E-state index in [0.29, 0.717) is 17.9 Å². The van der Waals surface area contributed by atoms with Gasteiger partial charge in [-0.25, -0.2) is 0 Å². The summed E-state index contributed by atoms with van der Waals surface area (Å²) < 4.78 is 0. The van der Waals surface area contributed by atoms with Crippen molar-refractivity contribution in [3.05, 3.63) is 0 Å². The summed E-state index contributed by atoms with van der Waals surface area (Å²) in [6.07, 6.45) is 4.14. The molecule has 2 atom stereocenters. The summed E-state index contributed by atoms with van der Waals surface area (Å²) in [7, 11) is 2.20. The minimum Gasteiger partial charge on any atom is -0.305 e. The summed E-state index contributed by atoms with van der Waals surface area (Å²) in [6, 6.07) is 1.15. The van der Waals surface area contributed by atoms with E-state index in [1.807, 2.05) is 0 Å². The van der Waals surface area contributed by atoms with Gasteiger partial charge in [0.1, 0.15) is 5.78 Å². The molecule has 2 fully saturated rings. The van der Waals surface area contributed by atoms with Gasteiger partial charge in [-0.15, -0.1) is 0 Å². The lowest BCUT2D eigenvalue weighted by Crippen LogP contribution is -2.53. The zero-order valence-corrected chi connectivity index (χ0v) is 9.91. The molecule has 2 aliphatic rings. The van der Waals surface area contributed by atoms with Crippen molar-refractivity contribution in [2.45, 2.75) is 44.7 Å². The van der Waals surface area contributed by atoms with Crippen molar-refractivity contribution in [1.82, 2.24) is 9.80 Å². The van der Waals surface area contributed by atoms with Crippen LogP contribution >= 0.6 is 0 Å². The Balaban J connectivity index is 1.94. The molecule has 3 nitrogen and oxygen atoms in total. The highest BCUT2D eigenvalue weighted by molar-refractivity contribution is 5.79. The molecule has 2 heterocycles. The average molecular weight is 210 g/mol. The van der Waals surface area contributed by atoms with Crippen molar-refractivity contribution in [2.75, 3.05) is 26.7 Å². The highest BCUT2D eigenvalue weighted by Crippen LogP contribution is 2.22. The second-order valence-electron chi connectivity index (χ2n) is 5.14. The van der Waals surface area contributed by atoms with Crippen molar-refractivity contribution >= 4 is 5.78 Å². The molecule has 2 unspecified atom stereocenters. The van der Waals surface area contributed by atoms with E-state index in [1.54, 1.807) is 0 Å². The predicted octanol–water partition coefficient (Wildman–Crippen LogP) is 1.13. The smallest absolute Gasteiger partial charge is 0.135 e. The summed E-state index contributed by atoms with van der Waals surface area (Å²) in [4.78, 5) is 16.3. The van der Waals surface area contributed by atoms with E-state index < -0.39 is 0 Å². The molecule has 3 heteroatoms. The Morgan fingerprint density at radius 3 is 2.80 bits per heavy atom. The van der Waals surface area contributed by atoms with Crippen LogP contribution in [0.2, 0.25) is 0 Å². The molecule has 0 aromatic rings. The number of likely N-dealkylation sites (N-methyl/N-ethyl adjacent to an activating group) is 1. The van der Waals surface area contributed by atoms with Crippen LogP contribution in [0.4, 0.5) is 0 Å². The fourth-order valence-electron chi connectivity index (χ4n) is 2.98.